The molecule has 30 heavy (non-hydrogen) atoms. The van der Waals surface area contributed by atoms with Gasteiger partial charge in [0.15, 0.2) is 0 Å². The predicted molar refractivity (Wildman–Crippen MR) is 106 cm³/mol. The van der Waals surface area contributed by atoms with Crippen molar-refractivity contribution in [3.05, 3.63) is 59.7 Å². The van der Waals surface area contributed by atoms with Crippen molar-refractivity contribution in [2.24, 2.45) is 0 Å². The summed E-state index contributed by atoms with van der Waals surface area (Å²) in [6.45, 7) is 1.88. The molecule has 0 bridgehead atoms. The van der Waals surface area contributed by atoms with E-state index in [1.165, 1.54) is 18.6 Å². The van der Waals surface area contributed by atoms with Gasteiger partial charge >= 0.3 is 0 Å². The molecule has 1 saturated heterocycles. The number of carbonyl (C=O) groups is 4. The van der Waals surface area contributed by atoms with Gasteiger partial charge in [-0.05, 0) is 18.6 Å². The molecule has 1 aromatic carbocycles. The maximum atomic E-state index is 12.7. The van der Waals surface area contributed by atoms with Gasteiger partial charge in [-0.25, -0.2) is 4.98 Å². The van der Waals surface area contributed by atoms with Gasteiger partial charge < -0.3 is 9.80 Å². The Hall–Kier alpha value is -3.62. The highest BCUT2D eigenvalue weighted by molar-refractivity contribution is 6.21. The second-order valence-electron chi connectivity index (χ2n) is 7.17. The van der Waals surface area contributed by atoms with Crippen LogP contribution in [-0.4, -0.2) is 81.0 Å². The first kappa shape index (κ1) is 19.7. The molecule has 0 saturated carbocycles. The number of imide groups is 1. The van der Waals surface area contributed by atoms with E-state index in [1.54, 1.807) is 34.1 Å². The first-order valence-corrected chi connectivity index (χ1v) is 9.84. The molecule has 2 aromatic rings. The molecule has 0 radical (unpaired) electrons. The van der Waals surface area contributed by atoms with Crippen LogP contribution in [0.25, 0.3) is 0 Å². The van der Waals surface area contributed by atoms with Gasteiger partial charge in [0.25, 0.3) is 17.7 Å². The molecule has 9 nitrogen and oxygen atoms in total. The highest BCUT2D eigenvalue weighted by Gasteiger charge is 2.35. The Morgan fingerprint density at radius 1 is 0.900 bits per heavy atom. The van der Waals surface area contributed by atoms with Crippen molar-refractivity contribution < 1.29 is 19.2 Å². The van der Waals surface area contributed by atoms with Crippen molar-refractivity contribution in [3.8, 4) is 0 Å². The van der Waals surface area contributed by atoms with Crippen LogP contribution in [0, 0.1) is 0 Å². The minimum Gasteiger partial charge on any atom is -0.341 e. The van der Waals surface area contributed by atoms with Crippen molar-refractivity contribution in [1.82, 2.24) is 24.7 Å². The van der Waals surface area contributed by atoms with Crippen LogP contribution in [0.3, 0.4) is 0 Å². The summed E-state index contributed by atoms with van der Waals surface area (Å²) in [7, 11) is 0. The fourth-order valence-electron chi connectivity index (χ4n) is 3.75. The Morgan fingerprint density at radius 2 is 1.57 bits per heavy atom. The van der Waals surface area contributed by atoms with Crippen LogP contribution >= 0.6 is 0 Å². The third-order valence-corrected chi connectivity index (χ3v) is 5.35. The molecule has 0 atom stereocenters. The summed E-state index contributed by atoms with van der Waals surface area (Å²) >= 11 is 0. The number of hydrogen-bond donors (Lipinski definition) is 0. The van der Waals surface area contributed by atoms with E-state index >= 15 is 0 Å². The number of nitrogens with zero attached hydrogens (tertiary/aromatic N) is 5. The van der Waals surface area contributed by atoms with Crippen LogP contribution in [-0.2, 0) is 4.79 Å². The minimum absolute atomic E-state index is 0.0456. The quantitative estimate of drug-likeness (QED) is 0.696. The Bertz CT molecular complexity index is 959. The van der Waals surface area contributed by atoms with E-state index in [2.05, 4.69) is 9.97 Å². The zero-order valence-electron chi connectivity index (χ0n) is 16.4. The molecule has 4 rings (SSSR count). The highest BCUT2D eigenvalue weighted by atomic mass is 16.2. The Kier molecular flexibility index (Phi) is 5.51. The lowest BCUT2D eigenvalue weighted by Gasteiger charge is -2.23. The number of hydrogen-bond acceptors (Lipinski definition) is 6. The van der Waals surface area contributed by atoms with Crippen molar-refractivity contribution in [1.29, 1.82) is 0 Å². The first-order chi connectivity index (χ1) is 14.6. The summed E-state index contributed by atoms with van der Waals surface area (Å²) in [5.41, 5.74) is 1.04. The smallest absolute Gasteiger partial charge is 0.274 e. The van der Waals surface area contributed by atoms with Crippen LogP contribution in [0.1, 0.15) is 44.0 Å². The fraction of sp³-hybridized carbons (Fsp3) is 0.333. The van der Waals surface area contributed by atoms with Gasteiger partial charge in [0.05, 0.1) is 17.3 Å². The topological polar surface area (TPSA) is 104 Å². The third-order valence-electron chi connectivity index (χ3n) is 5.35. The number of amides is 4. The summed E-state index contributed by atoms with van der Waals surface area (Å²) in [6, 6.07) is 6.66. The molecule has 2 aliphatic rings. The summed E-state index contributed by atoms with van der Waals surface area (Å²) in [5.74, 6) is -1.07. The average molecular weight is 407 g/mol. The van der Waals surface area contributed by atoms with Crippen LogP contribution in [0.4, 0.5) is 0 Å². The Balaban J connectivity index is 1.32. The molecule has 0 unspecified atom stereocenters. The van der Waals surface area contributed by atoms with Crippen LogP contribution in [0.15, 0.2) is 42.9 Å². The van der Waals surface area contributed by atoms with Crippen LogP contribution in [0.5, 0.6) is 0 Å². The van der Waals surface area contributed by atoms with Crippen LogP contribution < -0.4 is 0 Å². The predicted octanol–water partition coefficient (Wildman–Crippen LogP) is 0.837. The van der Waals surface area contributed by atoms with Crippen LogP contribution in [0.2, 0.25) is 0 Å². The van der Waals surface area contributed by atoms with Gasteiger partial charge in [0.1, 0.15) is 5.69 Å². The van der Waals surface area contributed by atoms with E-state index in [4.69, 9.17) is 0 Å². The summed E-state index contributed by atoms with van der Waals surface area (Å²) in [4.78, 5) is 62.5. The molecule has 0 N–H and O–H groups in total. The number of carbonyl (C=O) groups excluding carboxylic acids is 4. The van der Waals surface area contributed by atoms with E-state index < -0.39 is 0 Å². The van der Waals surface area contributed by atoms with Gasteiger partial charge in [0, 0.05) is 51.5 Å². The minimum atomic E-state index is -0.361. The third kappa shape index (κ3) is 3.78. The van der Waals surface area contributed by atoms with Gasteiger partial charge in [-0.15, -0.1) is 0 Å². The molecule has 0 spiro atoms. The van der Waals surface area contributed by atoms with E-state index in [0.29, 0.717) is 43.7 Å². The van der Waals surface area contributed by atoms with Crippen molar-refractivity contribution in [2.75, 3.05) is 32.7 Å². The zero-order chi connectivity index (χ0) is 21.1. The van der Waals surface area contributed by atoms with E-state index in [1.807, 2.05) is 0 Å². The molecule has 2 aliphatic heterocycles. The van der Waals surface area contributed by atoms with Gasteiger partial charge in [0.2, 0.25) is 5.91 Å². The largest absolute Gasteiger partial charge is 0.341 e. The number of rotatable bonds is 4. The lowest BCUT2D eigenvalue weighted by molar-refractivity contribution is -0.131. The fourth-order valence-corrected chi connectivity index (χ4v) is 3.75. The maximum Gasteiger partial charge on any atom is 0.274 e. The number of fused-ring (bicyclic) bond motifs is 1. The van der Waals surface area contributed by atoms with Crippen molar-refractivity contribution >= 4 is 23.6 Å². The lowest BCUT2D eigenvalue weighted by atomic mass is 10.1. The average Bonchev–Trinajstić information content (AvgIpc) is 2.95. The number of benzene rings is 1. The van der Waals surface area contributed by atoms with Gasteiger partial charge in [-0.2, -0.15) is 0 Å². The molecule has 9 heteroatoms. The molecule has 4 amide bonds. The summed E-state index contributed by atoms with van der Waals surface area (Å²) in [6.07, 6.45) is 5.11. The first-order valence-electron chi connectivity index (χ1n) is 9.84. The van der Waals surface area contributed by atoms with E-state index in [0.717, 1.165) is 4.90 Å². The Morgan fingerprint density at radius 3 is 2.23 bits per heavy atom. The molecular formula is C21H21N5O4. The highest BCUT2D eigenvalue weighted by Crippen LogP contribution is 2.22. The molecule has 154 valence electrons. The SMILES string of the molecule is O=C(CCN1C(=O)c2ccccc2C1=O)N1CCCN(C(=O)c2cnccn2)CC1. The molecular weight excluding hydrogens is 386 g/mol. The second kappa shape index (κ2) is 8.40. The van der Waals surface area contributed by atoms with E-state index in [9.17, 15) is 19.2 Å². The molecule has 1 fully saturated rings. The van der Waals surface area contributed by atoms with E-state index in [-0.39, 0.29) is 42.3 Å². The lowest BCUT2D eigenvalue weighted by Crippen LogP contribution is -2.39. The maximum absolute atomic E-state index is 12.7. The monoisotopic (exact) mass is 407 g/mol. The molecule has 3 heterocycles. The summed E-state index contributed by atoms with van der Waals surface area (Å²) in [5, 5.41) is 0. The van der Waals surface area contributed by atoms with Crippen molar-refractivity contribution in [2.45, 2.75) is 12.8 Å². The van der Waals surface area contributed by atoms with Gasteiger partial charge in [-0.3, -0.25) is 29.1 Å². The van der Waals surface area contributed by atoms with Gasteiger partial charge in [-0.1, -0.05) is 12.1 Å². The summed E-state index contributed by atoms with van der Waals surface area (Å²) < 4.78 is 0. The van der Waals surface area contributed by atoms with Crippen molar-refractivity contribution in [3.63, 3.8) is 0 Å². The Labute approximate surface area is 173 Å². The standard InChI is InChI=1S/C21H21N5O4/c27-18(6-11-26-19(28)15-4-1-2-5-16(15)20(26)29)24-9-3-10-25(13-12-24)21(30)17-14-22-7-8-23-17/h1-2,4-5,7-8,14H,3,6,9-13H2. The molecule has 1 aromatic heterocycles. The molecule has 0 aliphatic carbocycles. The normalized spacial score (nSPS) is 16.5. The number of aromatic nitrogens is 2. The zero-order valence-corrected chi connectivity index (χ0v) is 16.4. The second-order valence-corrected chi connectivity index (χ2v) is 7.17.